The molecule has 2 aliphatic rings. The molecule has 1 aromatic carbocycles. The minimum Gasteiger partial charge on any atom is -0.454 e. The molecular weight excluding hydrogens is 475 g/mol. The number of hydrogen-bond donors (Lipinski definition) is 2. The second kappa shape index (κ2) is 8.64. The highest BCUT2D eigenvalue weighted by Crippen LogP contribution is 2.49. The molecule has 0 amide bonds. The molecule has 2 aromatic rings. The predicted molar refractivity (Wildman–Crippen MR) is 119 cm³/mol. The summed E-state index contributed by atoms with van der Waals surface area (Å²) in [5, 5.41) is 10.1. The van der Waals surface area contributed by atoms with Gasteiger partial charge in [0.1, 0.15) is 0 Å². The van der Waals surface area contributed by atoms with Gasteiger partial charge in [0.15, 0.2) is 17.5 Å². The molecule has 1 aliphatic carbocycles. The van der Waals surface area contributed by atoms with E-state index in [1.165, 1.54) is 18.4 Å². The molecule has 1 fully saturated rings. The number of rotatable bonds is 6. The Hall–Kier alpha value is -1.55. The lowest BCUT2D eigenvalue weighted by atomic mass is 9.95. The fraction of sp³-hybridized carbons (Fsp3) is 0.474. The fourth-order valence-corrected chi connectivity index (χ4v) is 3.90. The Kier molecular flexibility index (Phi) is 6.46. The first-order valence-corrected chi connectivity index (χ1v) is 9.82. The lowest BCUT2D eigenvalue weighted by Crippen LogP contribution is -2.42. The van der Waals surface area contributed by atoms with Crippen molar-refractivity contribution >= 4 is 41.3 Å². The van der Waals surface area contributed by atoms with Gasteiger partial charge in [-0.05, 0) is 37.5 Å². The monoisotopic (exact) mass is 500 g/mol. The third-order valence-electron chi connectivity index (χ3n) is 5.00. The first-order valence-electron chi connectivity index (χ1n) is 8.94. The molecule has 0 unspecified atom stereocenters. The zero-order chi connectivity index (χ0) is 18.0. The first kappa shape index (κ1) is 20.2. The standard InChI is InChI=1S/C19H24N4O2S.HI/c1-13-23-15(10-26-13)5-8-21-18(20-2)22-11-19(6-7-19)14-3-4-16-17(9-14)25-12-24-16;/h3-4,9-10H,5-8,11-12H2,1-2H3,(H2,20,21,22);1H. The highest BCUT2D eigenvalue weighted by atomic mass is 127. The zero-order valence-electron chi connectivity index (χ0n) is 15.6. The average Bonchev–Trinajstić information content (AvgIpc) is 3.09. The second-order valence-corrected chi connectivity index (χ2v) is 7.87. The van der Waals surface area contributed by atoms with E-state index in [0.717, 1.165) is 47.7 Å². The van der Waals surface area contributed by atoms with E-state index >= 15 is 0 Å². The SMILES string of the molecule is CN=C(NCCc1csc(C)n1)NCC1(c2ccc3c(c2)OCO3)CC1.I. The Morgan fingerprint density at radius 1 is 1.26 bits per heavy atom. The molecule has 1 aliphatic heterocycles. The summed E-state index contributed by atoms with van der Waals surface area (Å²) in [6, 6.07) is 6.29. The van der Waals surface area contributed by atoms with Crippen LogP contribution in [0.3, 0.4) is 0 Å². The number of benzene rings is 1. The molecule has 27 heavy (non-hydrogen) atoms. The van der Waals surface area contributed by atoms with Crippen molar-refractivity contribution in [2.45, 2.75) is 31.6 Å². The smallest absolute Gasteiger partial charge is 0.231 e. The molecule has 1 saturated carbocycles. The number of ether oxygens (including phenoxy) is 2. The van der Waals surface area contributed by atoms with Gasteiger partial charge in [0.25, 0.3) is 0 Å². The van der Waals surface area contributed by atoms with Crippen LogP contribution in [-0.2, 0) is 11.8 Å². The molecule has 6 nitrogen and oxygen atoms in total. The van der Waals surface area contributed by atoms with E-state index in [2.05, 4.69) is 38.1 Å². The van der Waals surface area contributed by atoms with Crippen LogP contribution < -0.4 is 20.1 Å². The molecule has 2 N–H and O–H groups in total. The van der Waals surface area contributed by atoms with Crippen LogP contribution in [0, 0.1) is 6.92 Å². The van der Waals surface area contributed by atoms with E-state index in [-0.39, 0.29) is 29.4 Å². The largest absolute Gasteiger partial charge is 0.454 e. The summed E-state index contributed by atoms with van der Waals surface area (Å²) in [7, 11) is 1.81. The van der Waals surface area contributed by atoms with Crippen molar-refractivity contribution in [3.8, 4) is 11.5 Å². The summed E-state index contributed by atoms with van der Waals surface area (Å²) < 4.78 is 10.9. The lowest BCUT2D eigenvalue weighted by Gasteiger charge is -2.19. The third-order valence-corrected chi connectivity index (χ3v) is 5.82. The van der Waals surface area contributed by atoms with E-state index in [1.54, 1.807) is 11.3 Å². The normalized spacial score (nSPS) is 16.6. The summed E-state index contributed by atoms with van der Waals surface area (Å²) in [6.07, 6.45) is 3.25. The Balaban J connectivity index is 0.00000210. The molecular formula is C19H25IN4O2S. The molecule has 0 spiro atoms. The van der Waals surface area contributed by atoms with Crippen LogP contribution >= 0.6 is 35.3 Å². The van der Waals surface area contributed by atoms with Gasteiger partial charge in [0, 0.05) is 37.4 Å². The summed E-state index contributed by atoms with van der Waals surface area (Å²) in [5.74, 6) is 2.53. The van der Waals surface area contributed by atoms with Crippen LogP contribution in [0.15, 0.2) is 28.6 Å². The van der Waals surface area contributed by atoms with Crippen LogP contribution in [0.1, 0.15) is 29.1 Å². The number of thiazole rings is 1. The highest BCUT2D eigenvalue weighted by molar-refractivity contribution is 14.0. The topological polar surface area (TPSA) is 67.8 Å². The Labute approximate surface area is 180 Å². The van der Waals surface area contributed by atoms with Gasteiger partial charge in [-0.3, -0.25) is 4.99 Å². The van der Waals surface area contributed by atoms with Crippen molar-refractivity contribution in [3.63, 3.8) is 0 Å². The van der Waals surface area contributed by atoms with Crippen molar-refractivity contribution in [2.24, 2.45) is 4.99 Å². The Morgan fingerprint density at radius 2 is 2.07 bits per heavy atom. The van der Waals surface area contributed by atoms with E-state index < -0.39 is 0 Å². The van der Waals surface area contributed by atoms with Crippen molar-refractivity contribution in [1.29, 1.82) is 0 Å². The van der Waals surface area contributed by atoms with Gasteiger partial charge in [-0.1, -0.05) is 6.07 Å². The quantitative estimate of drug-likeness (QED) is 0.362. The second-order valence-electron chi connectivity index (χ2n) is 6.81. The zero-order valence-corrected chi connectivity index (χ0v) is 18.7. The van der Waals surface area contributed by atoms with Crippen LogP contribution in [0.2, 0.25) is 0 Å². The van der Waals surface area contributed by atoms with Crippen LogP contribution in [0.4, 0.5) is 0 Å². The number of aliphatic imine (C=N–C) groups is 1. The number of fused-ring (bicyclic) bond motifs is 1. The van der Waals surface area contributed by atoms with Crippen molar-refractivity contribution in [1.82, 2.24) is 15.6 Å². The molecule has 8 heteroatoms. The minimum atomic E-state index is 0. The Morgan fingerprint density at radius 3 is 2.78 bits per heavy atom. The maximum atomic E-state index is 5.52. The van der Waals surface area contributed by atoms with Gasteiger partial charge in [-0.25, -0.2) is 4.98 Å². The van der Waals surface area contributed by atoms with Crippen molar-refractivity contribution in [2.75, 3.05) is 26.9 Å². The molecule has 4 rings (SSSR count). The maximum absolute atomic E-state index is 5.52. The van der Waals surface area contributed by atoms with Gasteiger partial charge >= 0.3 is 0 Å². The number of guanidine groups is 1. The molecule has 146 valence electrons. The number of aromatic nitrogens is 1. The lowest BCUT2D eigenvalue weighted by molar-refractivity contribution is 0.174. The Bertz CT molecular complexity index is 820. The summed E-state index contributed by atoms with van der Waals surface area (Å²) in [4.78, 5) is 8.83. The van der Waals surface area contributed by atoms with Gasteiger partial charge < -0.3 is 20.1 Å². The van der Waals surface area contributed by atoms with Crippen molar-refractivity contribution < 1.29 is 9.47 Å². The van der Waals surface area contributed by atoms with Crippen LogP contribution in [0.5, 0.6) is 11.5 Å². The maximum Gasteiger partial charge on any atom is 0.231 e. The molecule has 0 atom stereocenters. The van der Waals surface area contributed by atoms with Crippen molar-refractivity contribution in [3.05, 3.63) is 39.8 Å². The number of nitrogens with zero attached hydrogens (tertiary/aromatic N) is 2. The number of hydrogen-bond acceptors (Lipinski definition) is 5. The average molecular weight is 500 g/mol. The third kappa shape index (κ3) is 4.66. The molecule has 0 bridgehead atoms. The molecule has 0 radical (unpaired) electrons. The first-order chi connectivity index (χ1) is 12.7. The van der Waals surface area contributed by atoms with Gasteiger partial charge in [-0.2, -0.15) is 0 Å². The van der Waals surface area contributed by atoms with Gasteiger partial charge in [0.2, 0.25) is 6.79 Å². The van der Waals surface area contributed by atoms with E-state index in [1.807, 2.05) is 20.0 Å². The summed E-state index contributed by atoms with van der Waals surface area (Å²) in [6.45, 7) is 4.04. The number of nitrogens with one attached hydrogen (secondary N) is 2. The van der Waals surface area contributed by atoms with Crippen LogP contribution in [0.25, 0.3) is 0 Å². The molecule has 2 heterocycles. The predicted octanol–water partition coefficient (Wildman–Crippen LogP) is 3.24. The van der Waals surface area contributed by atoms with E-state index in [9.17, 15) is 0 Å². The number of halogens is 1. The highest BCUT2D eigenvalue weighted by Gasteiger charge is 2.44. The summed E-state index contributed by atoms with van der Waals surface area (Å²) in [5.41, 5.74) is 2.61. The van der Waals surface area contributed by atoms with E-state index in [0.29, 0.717) is 6.79 Å². The fourth-order valence-electron chi connectivity index (χ4n) is 3.25. The summed E-state index contributed by atoms with van der Waals surface area (Å²) >= 11 is 1.69. The minimum absolute atomic E-state index is 0. The van der Waals surface area contributed by atoms with Gasteiger partial charge in [-0.15, -0.1) is 35.3 Å². The van der Waals surface area contributed by atoms with Gasteiger partial charge in [0.05, 0.1) is 10.7 Å². The molecule has 1 aromatic heterocycles. The number of aryl methyl sites for hydroxylation is 1. The molecule has 0 saturated heterocycles. The van der Waals surface area contributed by atoms with Crippen LogP contribution in [-0.4, -0.2) is 37.9 Å². The van der Waals surface area contributed by atoms with E-state index in [4.69, 9.17) is 9.47 Å².